The molecule has 0 bridgehead atoms. The van der Waals surface area contributed by atoms with Crippen LogP contribution in [0.4, 0.5) is 0 Å². The van der Waals surface area contributed by atoms with Gasteiger partial charge in [-0.25, -0.2) is 13.2 Å². The molecule has 1 aliphatic rings. The van der Waals surface area contributed by atoms with Crippen molar-refractivity contribution in [3.05, 3.63) is 59.1 Å². The first kappa shape index (κ1) is 19.7. The van der Waals surface area contributed by atoms with Crippen molar-refractivity contribution < 1.29 is 22.7 Å². The predicted molar refractivity (Wildman–Crippen MR) is 102 cm³/mol. The number of benzene rings is 2. The minimum absolute atomic E-state index is 0.0535. The first-order valence-corrected chi connectivity index (χ1v) is 10.4. The number of hydrogen-bond donors (Lipinski definition) is 0. The summed E-state index contributed by atoms with van der Waals surface area (Å²) < 4.78 is 37.0. The fourth-order valence-corrected chi connectivity index (χ4v) is 4.48. The number of rotatable bonds is 7. The van der Waals surface area contributed by atoms with Crippen LogP contribution in [0.15, 0.2) is 53.4 Å². The summed E-state index contributed by atoms with van der Waals surface area (Å²) >= 11 is 5.97. The largest absolute Gasteiger partial charge is 0.488 e. The van der Waals surface area contributed by atoms with Crippen LogP contribution in [0, 0.1) is 0 Å². The van der Waals surface area contributed by atoms with Crippen LogP contribution in [0.1, 0.15) is 23.2 Å². The molecule has 1 fully saturated rings. The molecule has 1 saturated heterocycles. The minimum atomic E-state index is -3.49. The number of esters is 1. The first-order valence-electron chi connectivity index (χ1n) is 8.63. The molecule has 0 unspecified atom stereocenters. The Bertz CT molecular complexity index is 893. The van der Waals surface area contributed by atoms with E-state index in [1.807, 2.05) is 0 Å². The van der Waals surface area contributed by atoms with Gasteiger partial charge in [-0.1, -0.05) is 23.7 Å². The molecule has 144 valence electrons. The van der Waals surface area contributed by atoms with Crippen LogP contribution in [0.5, 0.6) is 5.75 Å². The highest BCUT2D eigenvalue weighted by molar-refractivity contribution is 7.89. The first-order chi connectivity index (χ1) is 13.0. The Morgan fingerprint density at radius 1 is 1.00 bits per heavy atom. The van der Waals surface area contributed by atoms with E-state index in [4.69, 9.17) is 21.1 Å². The Morgan fingerprint density at radius 3 is 2.33 bits per heavy atom. The van der Waals surface area contributed by atoms with E-state index in [1.165, 1.54) is 28.6 Å². The minimum Gasteiger partial charge on any atom is -0.488 e. The van der Waals surface area contributed by atoms with E-state index < -0.39 is 16.0 Å². The van der Waals surface area contributed by atoms with Gasteiger partial charge in [-0.2, -0.15) is 4.31 Å². The molecule has 1 aliphatic heterocycles. The smallest absolute Gasteiger partial charge is 0.338 e. The molecule has 0 atom stereocenters. The van der Waals surface area contributed by atoms with E-state index in [9.17, 15) is 13.2 Å². The van der Waals surface area contributed by atoms with Crippen LogP contribution in [0.2, 0.25) is 5.02 Å². The number of carbonyl (C=O) groups is 1. The topological polar surface area (TPSA) is 72.9 Å². The number of ether oxygens (including phenoxy) is 2. The molecule has 0 N–H and O–H groups in total. The average molecular weight is 410 g/mol. The highest BCUT2D eigenvalue weighted by atomic mass is 35.5. The fourth-order valence-electron chi connectivity index (χ4n) is 2.77. The van der Waals surface area contributed by atoms with E-state index in [2.05, 4.69) is 0 Å². The van der Waals surface area contributed by atoms with Gasteiger partial charge in [0.15, 0.2) is 0 Å². The second-order valence-electron chi connectivity index (χ2n) is 6.05. The number of nitrogens with zero attached hydrogens (tertiary/aromatic N) is 1. The Kier molecular flexibility index (Phi) is 6.36. The van der Waals surface area contributed by atoms with Crippen molar-refractivity contribution in [1.82, 2.24) is 4.31 Å². The molecule has 3 rings (SSSR count). The summed E-state index contributed by atoms with van der Waals surface area (Å²) in [7, 11) is -3.49. The molecule has 1 heterocycles. The monoisotopic (exact) mass is 409 g/mol. The van der Waals surface area contributed by atoms with Gasteiger partial charge in [-0.15, -0.1) is 0 Å². The Labute approximate surface area is 163 Å². The zero-order valence-electron chi connectivity index (χ0n) is 14.6. The number of halogens is 1. The van der Waals surface area contributed by atoms with Crippen LogP contribution in [-0.2, 0) is 14.8 Å². The molecule has 8 heteroatoms. The van der Waals surface area contributed by atoms with Gasteiger partial charge in [0.25, 0.3) is 0 Å². The van der Waals surface area contributed by atoms with E-state index in [-0.39, 0.29) is 23.7 Å². The van der Waals surface area contributed by atoms with Crippen molar-refractivity contribution >= 4 is 27.6 Å². The maximum absolute atomic E-state index is 12.5. The number of sulfonamides is 1. The summed E-state index contributed by atoms with van der Waals surface area (Å²) in [6, 6.07) is 12.8. The van der Waals surface area contributed by atoms with Crippen LogP contribution >= 0.6 is 11.6 Å². The second kappa shape index (κ2) is 8.73. The molecule has 0 aromatic heterocycles. The van der Waals surface area contributed by atoms with Crippen LogP contribution < -0.4 is 4.74 Å². The molecular formula is C19H20ClNO5S. The van der Waals surface area contributed by atoms with Gasteiger partial charge in [-0.05, 0) is 49.2 Å². The predicted octanol–water partition coefficient (Wildman–Crippen LogP) is 3.36. The Morgan fingerprint density at radius 2 is 1.67 bits per heavy atom. The van der Waals surface area contributed by atoms with Crippen LogP contribution in [0.3, 0.4) is 0 Å². The maximum Gasteiger partial charge on any atom is 0.338 e. The lowest BCUT2D eigenvalue weighted by molar-refractivity contribution is 0.0450. The Balaban J connectivity index is 1.52. The normalized spacial score (nSPS) is 14.9. The van der Waals surface area contributed by atoms with Crippen molar-refractivity contribution in [3.8, 4) is 5.75 Å². The SMILES string of the molecule is O=C(OCCOc1ccccc1Cl)c1ccc(S(=O)(=O)N2CCCC2)cc1. The van der Waals surface area contributed by atoms with Crippen LogP contribution in [-0.4, -0.2) is 45.0 Å². The molecule has 0 amide bonds. The molecule has 0 spiro atoms. The van der Waals surface area contributed by atoms with Crippen molar-refractivity contribution in [2.75, 3.05) is 26.3 Å². The van der Waals surface area contributed by atoms with Crippen molar-refractivity contribution in [1.29, 1.82) is 0 Å². The number of carbonyl (C=O) groups excluding carboxylic acids is 1. The van der Waals surface area contributed by atoms with Gasteiger partial charge in [0.05, 0.1) is 15.5 Å². The summed E-state index contributed by atoms with van der Waals surface area (Å²) in [4.78, 5) is 12.3. The van der Waals surface area contributed by atoms with Gasteiger partial charge in [0.2, 0.25) is 10.0 Å². The third-order valence-corrected chi connectivity index (χ3v) is 6.43. The van der Waals surface area contributed by atoms with Gasteiger partial charge >= 0.3 is 5.97 Å². The van der Waals surface area contributed by atoms with E-state index >= 15 is 0 Å². The molecule has 27 heavy (non-hydrogen) atoms. The lowest BCUT2D eigenvalue weighted by atomic mass is 10.2. The summed E-state index contributed by atoms with van der Waals surface area (Å²) in [5.41, 5.74) is 0.285. The van der Waals surface area contributed by atoms with Gasteiger partial charge in [0, 0.05) is 13.1 Å². The molecule has 6 nitrogen and oxygen atoms in total. The Hall–Kier alpha value is -2.09. The molecule has 2 aromatic carbocycles. The van der Waals surface area contributed by atoms with E-state index in [0.29, 0.717) is 23.9 Å². The van der Waals surface area contributed by atoms with E-state index in [1.54, 1.807) is 24.3 Å². The average Bonchev–Trinajstić information content (AvgIpc) is 3.22. The van der Waals surface area contributed by atoms with Gasteiger partial charge in [0.1, 0.15) is 19.0 Å². The maximum atomic E-state index is 12.5. The lowest BCUT2D eigenvalue weighted by Crippen LogP contribution is -2.27. The summed E-state index contributed by atoms with van der Waals surface area (Å²) in [5, 5.41) is 0.485. The zero-order chi connectivity index (χ0) is 19.3. The van der Waals surface area contributed by atoms with Crippen molar-refractivity contribution in [3.63, 3.8) is 0 Å². The van der Waals surface area contributed by atoms with Crippen molar-refractivity contribution in [2.45, 2.75) is 17.7 Å². The third-order valence-electron chi connectivity index (χ3n) is 4.20. The van der Waals surface area contributed by atoms with Crippen LogP contribution in [0.25, 0.3) is 0 Å². The zero-order valence-corrected chi connectivity index (χ0v) is 16.2. The number of para-hydroxylation sites is 1. The van der Waals surface area contributed by atoms with Gasteiger partial charge in [-0.3, -0.25) is 0 Å². The summed E-state index contributed by atoms with van der Waals surface area (Å²) in [6.45, 7) is 1.30. The van der Waals surface area contributed by atoms with Gasteiger partial charge < -0.3 is 9.47 Å². The summed E-state index contributed by atoms with van der Waals surface area (Å²) in [6.07, 6.45) is 1.75. The molecule has 0 radical (unpaired) electrons. The number of hydrogen-bond acceptors (Lipinski definition) is 5. The highest BCUT2D eigenvalue weighted by Gasteiger charge is 2.27. The second-order valence-corrected chi connectivity index (χ2v) is 8.40. The highest BCUT2D eigenvalue weighted by Crippen LogP contribution is 2.23. The lowest BCUT2D eigenvalue weighted by Gasteiger charge is -2.15. The fraction of sp³-hybridized carbons (Fsp3) is 0.316. The van der Waals surface area contributed by atoms with Crippen molar-refractivity contribution in [2.24, 2.45) is 0 Å². The van der Waals surface area contributed by atoms with E-state index in [0.717, 1.165) is 12.8 Å². The molecular weight excluding hydrogens is 390 g/mol. The molecule has 0 aliphatic carbocycles. The standard InChI is InChI=1S/C19H20ClNO5S/c20-17-5-1-2-6-18(17)25-13-14-26-19(22)15-7-9-16(10-8-15)27(23,24)21-11-3-4-12-21/h1-2,5-10H,3-4,11-14H2. The molecule has 0 saturated carbocycles. The molecule has 2 aromatic rings. The third kappa shape index (κ3) is 4.80. The summed E-state index contributed by atoms with van der Waals surface area (Å²) in [5.74, 6) is -0.0189. The quantitative estimate of drug-likeness (QED) is 0.518.